The first-order chi connectivity index (χ1) is 6.32. The molecule has 14 heavy (non-hydrogen) atoms. The van der Waals surface area contributed by atoms with Gasteiger partial charge in [-0.25, -0.2) is 4.79 Å². The summed E-state index contributed by atoms with van der Waals surface area (Å²) in [5, 5.41) is 8.85. The van der Waals surface area contributed by atoms with E-state index in [-0.39, 0.29) is -0.565 Å². The van der Waals surface area contributed by atoms with E-state index in [2.05, 4.69) is 90.4 Å². The maximum Gasteiger partial charge on any atom is 0.336 e. The van der Waals surface area contributed by atoms with E-state index >= 15 is 0 Å². The summed E-state index contributed by atoms with van der Waals surface area (Å²) >= 11 is 8.98. The first-order valence-corrected chi connectivity index (χ1v) is 7.74. The minimum absolute atomic E-state index is 0.0236. The van der Waals surface area contributed by atoms with Gasteiger partial charge in [0.2, 0.25) is 0 Å². The molecule has 1 aromatic carbocycles. The Labute approximate surface area is 136 Å². The van der Waals surface area contributed by atoms with Gasteiger partial charge in [-0.3, -0.25) is 0 Å². The van der Waals surface area contributed by atoms with Crippen molar-refractivity contribution < 1.29 is 9.90 Å². The molecule has 0 aliphatic carbocycles. The number of benzene rings is 1. The van der Waals surface area contributed by atoms with Gasteiger partial charge in [-0.2, -0.15) is 0 Å². The lowest BCUT2D eigenvalue weighted by Crippen LogP contribution is -2.03. The summed E-state index contributed by atoms with van der Waals surface area (Å²) in [7, 11) is 0. The fourth-order valence-corrected chi connectivity index (χ4v) is 2.62. The summed E-state index contributed by atoms with van der Waals surface area (Å²) in [6, 6.07) is 5.43. The minimum Gasteiger partial charge on any atom is -0.478 e. The Morgan fingerprint density at radius 1 is 1.29 bits per heavy atom. The van der Waals surface area contributed by atoms with Gasteiger partial charge in [0.1, 0.15) is -0.565 Å². The predicted molar refractivity (Wildman–Crippen MR) is 89.9 cm³/mol. The molecule has 0 aromatic heterocycles. The predicted octanol–water partition coefficient (Wildman–Crippen LogP) is 4.40. The molecule has 0 unspecified atom stereocenters. The van der Waals surface area contributed by atoms with Crippen molar-refractivity contribution in [2.24, 2.45) is 0 Å². The molecule has 1 N–H and O–H groups in total. The van der Waals surface area contributed by atoms with Crippen LogP contribution in [0.25, 0.3) is 0 Å². The second kappa shape index (κ2) is 5.29. The van der Waals surface area contributed by atoms with Crippen molar-refractivity contribution in [2.45, 2.75) is -0.565 Å². The van der Waals surface area contributed by atoms with Gasteiger partial charge in [0.05, 0.1) is 5.56 Å². The summed E-state index contributed by atoms with van der Waals surface area (Å²) in [6.07, 6.45) is 0. The van der Waals surface area contributed by atoms with E-state index in [0.717, 1.165) is 9.13 Å². The number of rotatable bonds is 2. The Bertz CT molecular complexity index is 370. The standard InChI is InChI=1S/C8H4I4O2/c9-6-3-4(8(10,11)12)1-2-5(6)7(13)14/h1-3H,(H,13,14). The van der Waals surface area contributed by atoms with Gasteiger partial charge in [0.25, 0.3) is 0 Å². The molecule has 0 aliphatic heterocycles. The van der Waals surface area contributed by atoms with Crippen molar-refractivity contribution in [3.8, 4) is 0 Å². The third-order valence-corrected chi connectivity index (χ3v) is 4.29. The Morgan fingerprint density at radius 2 is 1.86 bits per heavy atom. The molecule has 0 radical (unpaired) electrons. The maximum absolute atomic E-state index is 10.8. The van der Waals surface area contributed by atoms with Crippen LogP contribution < -0.4 is 0 Å². The average molecular weight is 640 g/mol. The summed E-state index contributed by atoms with van der Waals surface area (Å²) < 4.78 is 0.756. The fraction of sp³-hybridized carbons (Fsp3) is 0.125. The molecule has 76 valence electrons. The number of carboxylic acid groups (broad SMARTS) is 1. The Hall–Kier alpha value is 1.61. The minimum atomic E-state index is -0.873. The van der Waals surface area contributed by atoms with Gasteiger partial charge in [-0.1, -0.05) is 6.07 Å². The van der Waals surface area contributed by atoms with Crippen LogP contribution in [0.5, 0.6) is 0 Å². The maximum atomic E-state index is 10.8. The zero-order valence-corrected chi connectivity index (χ0v) is 15.2. The Morgan fingerprint density at radius 3 is 2.21 bits per heavy atom. The molecular formula is C8H4I4O2. The van der Waals surface area contributed by atoms with E-state index in [1.54, 1.807) is 6.07 Å². The van der Waals surface area contributed by atoms with Crippen molar-refractivity contribution in [3.63, 3.8) is 0 Å². The van der Waals surface area contributed by atoms with E-state index in [9.17, 15) is 4.79 Å². The third-order valence-electron chi connectivity index (χ3n) is 1.53. The molecule has 0 saturated carbocycles. The first kappa shape index (κ1) is 13.7. The van der Waals surface area contributed by atoms with E-state index in [0.29, 0.717) is 5.56 Å². The lowest BCUT2D eigenvalue weighted by atomic mass is 10.1. The van der Waals surface area contributed by atoms with Crippen LogP contribution in [0.2, 0.25) is 0 Å². The monoisotopic (exact) mass is 640 g/mol. The van der Waals surface area contributed by atoms with Crippen LogP contribution in [0.4, 0.5) is 0 Å². The summed E-state index contributed by atoms with van der Waals surface area (Å²) in [5.41, 5.74) is 1.48. The molecule has 0 heterocycles. The number of carboxylic acids is 1. The van der Waals surface area contributed by atoms with Crippen LogP contribution in [-0.4, -0.2) is 11.1 Å². The number of halogens is 4. The molecule has 0 fully saturated rings. The second-order valence-corrected chi connectivity index (χ2v) is 14.7. The van der Waals surface area contributed by atoms with Gasteiger partial charge >= 0.3 is 5.97 Å². The normalized spacial score (nSPS) is 11.4. The lowest BCUT2D eigenvalue weighted by molar-refractivity contribution is 0.0696. The highest BCUT2D eigenvalue weighted by molar-refractivity contribution is 14.3. The van der Waals surface area contributed by atoms with E-state index in [1.165, 1.54) is 0 Å². The summed E-state index contributed by atoms with van der Waals surface area (Å²) in [6.45, 7) is 0. The van der Waals surface area contributed by atoms with Crippen LogP contribution in [0, 0.1) is 3.57 Å². The quantitative estimate of drug-likeness (QED) is 0.385. The Kier molecular flexibility index (Phi) is 5.17. The first-order valence-electron chi connectivity index (χ1n) is 3.42. The van der Waals surface area contributed by atoms with Crippen LogP contribution in [0.15, 0.2) is 18.2 Å². The van der Waals surface area contributed by atoms with Crippen LogP contribution >= 0.6 is 90.4 Å². The second-order valence-electron chi connectivity index (χ2n) is 2.50. The molecule has 1 rings (SSSR count). The molecule has 0 bridgehead atoms. The van der Waals surface area contributed by atoms with Crippen molar-refractivity contribution in [3.05, 3.63) is 32.9 Å². The molecule has 0 saturated heterocycles. The van der Waals surface area contributed by atoms with E-state index in [1.807, 2.05) is 12.1 Å². The lowest BCUT2D eigenvalue weighted by Gasteiger charge is -2.13. The highest BCUT2D eigenvalue weighted by Crippen LogP contribution is 2.46. The molecule has 1 aromatic rings. The van der Waals surface area contributed by atoms with Gasteiger partial charge in [0, 0.05) is 3.57 Å². The van der Waals surface area contributed by atoms with Crippen LogP contribution in [-0.2, 0) is -0.565 Å². The highest BCUT2D eigenvalue weighted by Gasteiger charge is 2.21. The number of alkyl halides is 3. The molecule has 6 heteroatoms. The zero-order chi connectivity index (χ0) is 10.9. The van der Waals surface area contributed by atoms with Crippen molar-refractivity contribution in [2.75, 3.05) is 0 Å². The van der Waals surface area contributed by atoms with E-state index in [4.69, 9.17) is 5.11 Å². The third kappa shape index (κ3) is 3.57. The smallest absolute Gasteiger partial charge is 0.336 e. The van der Waals surface area contributed by atoms with Crippen molar-refractivity contribution in [1.82, 2.24) is 0 Å². The SMILES string of the molecule is O=C(O)c1ccc(C(I)(I)I)cc1I. The fourth-order valence-electron chi connectivity index (χ4n) is 0.865. The van der Waals surface area contributed by atoms with Crippen molar-refractivity contribution >= 4 is 96.3 Å². The number of hydrogen-bond acceptors (Lipinski definition) is 1. The molecule has 0 aliphatic rings. The van der Waals surface area contributed by atoms with Gasteiger partial charge in [0.15, 0.2) is 0 Å². The number of hydrogen-bond donors (Lipinski definition) is 1. The summed E-state index contributed by atoms with van der Waals surface area (Å²) in [5.74, 6) is -0.873. The van der Waals surface area contributed by atoms with Gasteiger partial charge in [-0.15, -0.1) is 0 Å². The molecular weight excluding hydrogens is 636 g/mol. The molecule has 2 nitrogen and oxygen atoms in total. The van der Waals surface area contributed by atoms with Gasteiger partial charge in [-0.05, 0) is 108 Å². The molecule has 0 atom stereocenters. The van der Waals surface area contributed by atoms with Crippen molar-refractivity contribution in [1.29, 1.82) is 0 Å². The molecule has 0 amide bonds. The zero-order valence-electron chi connectivity index (χ0n) is 6.60. The molecule has 0 spiro atoms. The van der Waals surface area contributed by atoms with Gasteiger partial charge < -0.3 is 5.11 Å². The number of carbonyl (C=O) groups is 1. The highest BCUT2D eigenvalue weighted by atomic mass is 127. The van der Waals surface area contributed by atoms with E-state index < -0.39 is 5.97 Å². The number of aromatic carboxylic acids is 1. The largest absolute Gasteiger partial charge is 0.478 e. The van der Waals surface area contributed by atoms with Crippen LogP contribution in [0.3, 0.4) is 0 Å². The van der Waals surface area contributed by atoms with Crippen LogP contribution in [0.1, 0.15) is 15.9 Å². The Balaban J connectivity index is 3.20. The topological polar surface area (TPSA) is 37.3 Å². The summed E-state index contributed by atoms with van der Waals surface area (Å²) in [4.78, 5) is 10.8. The average Bonchev–Trinajstić information content (AvgIpc) is 2.01.